The minimum absolute atomic E-state index is 0.0639. The third kappa shape index (κ3) is 2.61. The Hall–Kier alpha value is -2.18. The topological polar surface area (TPSA) is 76.1 Å². The molecule has 0 fully saturated rings. The van der Waals surface area contributed by atoms with Gasteiger partial charge < -0.3 is 19.5 Å². The van der Waals surface area contributed by atoms with E-state index < -0.39 is 0 Å². The zero-order valence-corrected chi connectivity index (χ0v) is 13.9. The molecule has 1 aromatic rings. The average molecular weight is 331 g/mol. The summed E-state index contributed by atoms with van der Waals surface area (Å²) >= 11 is 0. The molecule has 24 heavy (non-hydrogen) atoms. The van der Waals surface area contributed by atoms with E-state index >= 15 is 0 Å². The van der Waals surface area contributed by atoms with Gasteiger partial charge in [-0.15, -0.1) is 0 Å². The van der Waals surface area contributed by atoms with Gasteiger partial charge in [0, 0.05) is 30.8 Å². The van der Waals surface area contributed by atoms with Crippen LogP contribution in [0, 0.1) is 0 Å². The minimum Gasteiger partial charge on any atom is -0.496 e. The molecular weight excluding hydrogens is 310 g/mol. The van der Waals surface area contributed by atoms with Crippen molar-refractivity contribution in [3.05, 3.63) is 34.4 Å². The number of hydrogen-bond donors (Lipinski definition) is 1. The van der Waals surface area contributed by atoms with Crippen molar-refractivity contribution in [3.63, 3.8) is 0 Å². The summed E-state index contributed by atoms with van der Waals surface area (Å²) in [5, 5.41) is 9.13. The number of Topliss-reactive ketones (excluding diaryl/α,β-unsaturated/α-hetero) is 2. The van der Waals surface area contributed by atoms with Crippen LogP contribution < -0.4 is 9.47 Å². The molecule has 1 aliphatic heterocycles. The van der Waals surface area contributed by atoms with Crippen molar-refractivity contribution < 1.29 is 24.2 Å². The van der Waals surface area contributed by atoms with E-state index in [0.29, 0.717) is 66.2 Å². The molecule has 0 atom stereocenters. The molecular formula is C18H21NO5. The Labute approximate surface area is 140 Å². The molecule has 1 N–H and O–H groups in total. The van der Waals surface area contributed by atoms with Crippen molar-refractivity contribution in [1.82, 2.24) is 4.90 Å². The van der Waals surface area contributed by atoms with Crippen molar-refractivity contribution in [2.75, 3.05) is 40.5 Å². The fraction of sp³-hybridized carbons (Fsp3) is 0.444. The van der Waals surface area contributed by atoms with Crippen molar-refractivity contribution in [1.29, 1.82) is 0 Å². The first-order valence-corrected chi connectivity index (χ1v) is 8.02. The summed E-state index contributed by atoms with van der Waals surface area (Å²) in [6.07, 6.45) is 0.999. The number of nitrogens with zero attached hydrogens (tertiary/aromatic N) is 1. The summed E-state index contributed by atoms with van der Waals surface area (Å²) in [6.45, 7) is 1.91. The highest BCUT2D eigenvalue weighted by molar-refractivity contribution is 6.29. The maximum atomic E-state index is 13.0. The summed E-state index contributed by atoms with van der Waals surface area (Å²) in [6, 6.07) is 3.31. The fourth-order valence-electron chi connectivity index (χ4n) is 3.48. The van der Waals surface area contributed by atoms with Crippen molar-refractivity contribution in [2.45, 2.75) is 12.8 Å². The van der Waals surface area contributed by atoms with Crippen LogP contribution in [0.3, 0.4) is 0 Å². The number of ether oxygens (including phenoxy) is 2. The van der Waals surface area contributed by atoms with Crippen molar-refractivity contribution >= 4 is 11.6 Å². The molecule has 1 heterocycles. The van der Waals surface area contributed by atoms with E-state index in [1.807, 2.05) is 0 Å². The Balaban J connectivity index is 2.07. The Morgan fingerprint density at radius 3 is 1.79 bits per heavy atom. The van der Waals surface area contributed by atoms with Crippen LogP contribution in [-0.4, -0.2) is 62.0 Å². The highest BCUT2D eigenvalue weighted by Crippen LogP contribution is 2.40. The number of β-amino-alcohol motifs (C(OH)–C–C–N with tert-alkyl or cyclic N) is 1. The number of carbonyl (C=O) groups excluding carboxylic acids is 2. The van der Waals surface area contributed by atoms with Gasteiger partial charge in [-0.3, -0.25) is 9.59 Å². The van der Waals surface area contributed by atoms with Gasteiger partial charge in [0.15, 0.2) is 11.6 Å². The molecule has 0 saturated heterocycles. The van der Waals surface area contributed by atoms with Crippen LogP contribution in [0.4, 0.5) is 0 Å². The normalized spacial score (nSPS) is 18.1. The van der Waals surface area contributed by atoms with Gasteiger partial charge in [-0.1, -0.05) is 0 Å². The molecule has 0 amide bonds. The van der Waals surface area contributed by atoms with Crippen LogP contribution in [0.15, 0.2) is 23.3 Å². The zero-order chi connectivity index (χ0) is 17.3. The number of aliphatic hydroxyl groups excluding tert-OH is 1. The molecule has 128 valence electrons. The summed E-state index contributed by atoms with van der Waals surface area (Å²) < 4.78 is 10.6. The number of methoxy groups -OCH3 is 2. The summed E-state index contributed by atoms with van der Waals surface area (Å²) in [4.78, 5) is 28.2. The summed E-state index contributed by atoms with van der Waals surface area (Å²) in [5.74, 6) is 0.488. The van der Waals surface area contributed by atoms with E-state index in [1.165, 1.54) is 14.2 Å². The van der Waals surface area contributed by atoms with Crippen LogP contribution >= 0.6 is 0 Å². The smallest absolute Gasteiger partial charge is 0.194 e. The standard InChI is InChI=1S/C18H21NO5/c1-23-13-3-4-14(24-2)16-15(13)17(21)11-5-7-19(9-10-20)8-6-12(11)18(16)22/h3-4,20H,5-10H2,1-2H3. The predicted octanol–water partition coefficient (Wildman–Crippen LogP) is 1.47. The van der Waals surface area contributed by atoms with Crippen LogP contribution in [-0.2, 0) is 0 Å². The first-order valence-electron chi connectivity index (χ1n) is 8.02. The zero-order valence-electron chi connectivity index (χ0n) is 13.9. The monoisotopic (exact) mass is 331 g/mol. The van der Waals surface area contributed by atoms with Crippen LogP contribution in [0.5, 0.6) is 11.5 Å². The number of aliphatic hydroxyl groups is 1. The first-order chi connectivity index (χ1) is 11.6. The average Bonchev–Trinajstić information content (AvgIpc) is 2.82. The second kappa shape index (κ2) is 6.75. The molecule has 6 heteroatoms. The van der Waals surface area contributed by atoms with Gasteiger partial charge in [0.2, 0.25) is 0 Å². The second-order valence-corrected chi connectivity index (χ2v) is 5.90. The molecule has 0 bridgehead atoms. The van der Waals surface area contributed by atoms with Crippen LogP contribution in [0.25, 0.3) is 0 Å². The highest BCUT2D eigenvalue weighted by atomic mass is 16.5. The molecule has 1 aliphatic carbocycles. The molecule has 0 aromatic heterocycles. The number of hydrogen-bond acceptors (Lipinski definition) is 6. The minimum atomic E-state index is -0.152. The fourth-order valence-corrected chi connectivity index (χ4v) is 3.48. The van der Waals surface area contributed by atoms with Gasteiger partial charge in [0.05, 0.1) is 32.0 Å². The summed E-state index contributed by atoms with van der Waals surface area (Å²) in [7, 11) is 2.97. The maximum Gasteiger partial charge on any atom is 0.194 e. The van der Waals surface area contributed by atoms with Gasteiger partial charge in [-0.25, -0.2) is 0 Å². The van der Waals surface area contributed by atoms with Crippen molar-refractivity contribution in [2.24, 2.45) is 0 Å². The van der Waals surface area contributed by atoms with E-state index in [2.05, 4.69) is 4.90 Å². The molecule has 2 aliphatic rings. The van der Waals surface area contributed by atoms with Gasteiger partial charge in [-0.2, -0.15) is 0 Å². The lowest BCUT2D eigenvalue weighted by Crippen LogP contribution is -2.28. The number of benzene rings is 1. The van der Waals surface area contributed by atoms with Gasteiger partial charge >= 0.3 is 0 Å². The Bertz CT molecular complexity index is 665. The largest absolute Gasteiger partial charge is 0.496 e. The molecule has 0 unspecified atom stereocenters. The maximum absolute atomic E-state index is 13.0. The molecule has 3 rings (SSSR count). The second-order valence-electron chi connectivity index (χ2n) is 5.90. The molecule has 0 radical (unpaired) electrons. The molecule has 0 saturated carbocycles. The number of carbonyl (C=O) groups is 2. The quantitative estimate of drug-likeness (QED) is 0.900. The van der Waals surface area contributed by atoms with E-state index in [4.69, 9.17) is 14.6 Å². The predicted molar refractivity (Wildman–Crippen MR) is 88.0 cm³/mol. The van der Waals surface area contributed by atoms with Crippen molar-refractivity contribution in [3.8, 4) is 11.5 Å². The lowest BCUT2D eigenvalue weighted by molar-refractivity contribution is 0.0965. The SMILES string of the molecule is COc1ccc(OC)c2c1C(=O)C1=C(CCN(CCO)CC1)C2=O. The Kier molecular flexibility index (Phi) is 4.69. The van der Waals surface area contributed by atoms with Crippen LogP contribution in [0.1, 0.15) is 33.6 Å². The highest BCUT2D eigenvalue weighted by Gasteiger charge is 2.37. The number of rotatable bonds is 4. The Morgan fingerprint density at radius 1 is 0.958 bits per heavy atom. The van der Waals surface area contributed by atoms with E-state index in [0.717, 1.165) is 0 Å². The number of ketones is 2. The van der Waals surface area contributed by atoms with Crippen LogP contribution in [0.2, 0.25) is 0 Å². The Morgan fingerprint density at radius 2 is 1.42 bits per heavy atom. The molecule has 0 spiro atoms. The van der Waals surface area contributed by atoms with Gasteiger partial charge in [0.1, 0.15) is 11.5 Å². The summed E-state index contributed by atoms with van der Waals surface area (Å²) in [5.41, 5.74) is 1.74. The van der Waals surface area contributed by atoms with E-state index in [1.54, 1.807) is 12.1 Å². The van der Waals surface area contributed by atoms with Gasteiger partial charge in [-0.05, 0) is 25.0 Å². The lowest BCUT2D eigenvalue weighted by atomic mass is 9.81. The number of fused-ring (bicyclic) bond motifs is 1. The molecule has 1 aromatic carbocycles. The van der Waals surface area contributed by atoms with E-state index in [9.17, 15) is 9.59 Å². The first kappa shape index (κ1) is 16.7. The van der Waals surface area contributed by atoms with Gasteiger partial charge in [0.25, 0.3) is 0 Å². The third-order valence-electron chi connectivity index (χ3n) is 4.71. The van der Waals surface area contributed by atoms with E-state index in [-0.39, 0.29) is 18.2 Å². The molecule has 6 nitrogen and oxygen atoms in total. The third-order valence-corrected chi connectivity index (χ3v) is 4.71. The lowest BCUT2D eigenvalue weighted by Gasteiger charge is -2.23.